The molecule has 3 fully saturated rings. The summed E-state index contributed by atoms with van der Waals surface area (Å²) in [5.74, 6) is 0.287. The van der Waals surface area contributed by atoms with Crippen LogP contribution in [0.1, 0.15) is 57.8 Å². The lowest BCUT2D eigenvalue weighted by Gasteiger charge is -2.38. The van der Waals surface area contributed by atoms with E-state index in [4.69, 9.17) is 16.3 Å². The molecule has 2 heterocycles. The van der Waals surface area contributed by atoms with E-state index >= 15 is 0 Å². The Bertz CT molecular complexity index is 1200. The van der Waals surface area contributed by atoms with Gasteiger partial charge in [-0.15, -0.1) is 0 Å². The lowest BCUT2D eigenvalue weighted by atomic mass is 10.0. The second-order valence-corrected chi connectivity index (χ2v) is 12.4. The van der Waals surface area contributed by atoms with Crippen LogP contribution in [-0.4, -0.2) is 60.0 Å². The number of hydrogen-bond donors (Lipinski definition) is 0. The van der Waals surface area contributed by atoms with E-state index in [-0.39, 0.29) is 22.7 Å². The Kier molecular flexibility index (Phi) is 7.37. The molecule has 0 N–H and O–H groups in total. The van der Waals surface area contributed by atoms with E-state index in [1.54, 1.807) is 34.8 Å². The highest BCUT2D eigenvalue weighted by molar-refractivity contribution is 7.89. The molecule has 0 atom stereocenters. The SMILES string of the molecule is O=c1c(OC2CCCC2)c(N2CCN(S(=O)(=O)C3CCCCC3)CC2)cnn1-c1cccc(Cl)c1. The van der Waals surface area contributed by atoms with Crippen LogP contribution in [0.25, 0.3) is 5.69 Å². The zero-order chi connectivity index (χ0) is 24.4. The summed E-state index contributed by atoms with van der Waals surface area (Å²) < 4.78 is 35.6. The molecule has 0 amide bonds. The molecule has 2 aliphatic carbocycles. The van der Waals surface area contributed by atoms with E-state index in [0.717, 1.165) is 57.8 Å². The van der Waals surface area contributed by atoms with Crippen LogP contribution >= 0.6 is 11.6 Å². The molecule has 0 unspecified atom stereocenters. The zero-order valence-corrected chi connectivity index (χ0v) is 21.5. The van der Waals surface area contributed by atoms with Crippen molar-refractivity contribution >= 4 is 27.3 Å². The van der Waals surface area contributed by atoms with Gasteiger partial charge in [0.05, 0.1) is 23.2 Å². The fourth-order valence-corrected chi connectivity index (χ4v) is 7.69. The van der Waals surface area contributed by atoms with Crippen LogP contribution in [0.15, 0.2) is 35.3 Å². The lowest BCUT2D eigenvalue weighted by Crippen LogP contribution is -2.51. The molecule has 8 nitrogen and oxygen atoms in total. The van der Waals surface area contributed by atoms with E-state index in [9.17, 15) is 13.2 Å². The fraction of sp³-hybridized carbons (Fsp3) is 0.600. The van der Waals surface area contributed by atoms with Gasteiger partial charge in [-0.05, 0) is 56.7 Å². The first-order chi connectivity index (χ1) is 16.9. The second-order valence-electron chi connectivity index (χ2n) is 9.77. The average molecular weight is 521 g/mol. The number of piperazine rings is 1. The summed E-state index contributed by atoms with van der Waals surface area (Å²) in [6, 6.07) is 7.02. The molecule has 0 radical (unpaired) electrons. The maximum absolute atomic E-state index is 13.6. The van der Waals surface area contributed by atoms with Crippen molar-refractivity contribution < 1.29 is 13.2 Å². The summed E-state index contributed by atoms with van der Waals surface area (Å²) in [5, 5.41) is 4.70. The Hall–Kier alpha value is -2.10. The van der Waals surface area contributed by atoms with Crippen molar-refractivity contribution in [2.45, 2.75) is 69.1 Å². The Balaban J connectivity index is 1.40. The second kappa shape index (κ2) is 10.5. The molecule has 2 aromatic rings. The summed E-state index contributed by atoms with van der Waals surface area (Å²) in [5.41, 5.74) is 0.887. The largest absolute Gasteiger partial charge is 0.483 e. The maximum atomic E-state index is 13.6. The van der Waals surface area contributed by atoms with Gasteiger partial charge >= 0.3 is 5.56 Å². The van der Waals surface area contributed by atoms with Crippen LogP contribution in [-0.2, 0) is 10.0 Å². The molecule has 2 saturated carbocycles. The van der Waals surface area contributed by atoms with Gasteiger partial charge in [0.2, 0.25) is 15.8 Å². The van der Waals surface area contributed by atoms with Gasteiger partial charge in [-0.1, -0.05) is 36.9 Å². The van der Waals surface area contributed by atoms with Gasteiger partial charge in [0.15, 0.2) is 0 Å². The molecule has 3 aliphatic rings. The molecule has 1 aromatic carbocycles. The van der Waals surface area contributed by atoms with Crippen molar-refractivity contribution in [1.29, 1.82) is 0 Å². The van der Waals surface area contributed by atoms with E-state index in [0.29, 0.717) is 42.6 Å². The van der Waals surface area contributed by atoms with Crippen molar-refractivity contribution in [2.75, 3.05) is 31.1 Å². The van der Waals surface area contributed by atoms with E-state index in [2.05, 4.69) is 5.10 Å². The summed E-state index contributed by atoms with van der Waals surface area (Å²) in [6.07, 6.45) is 10.3. The van der Waals surface area contributed by atoms with Gasteiger partial charge in [-0.2, -0.15) is 14.1 Å². The number of aromatic nitrogens is 2. The minimum Gasteiger partial charge on any atom is -0.483 e. The Morgan fingerprint density at radius 2 is 1.63 bits per heavy atom. The van der Waals surface area contributed by atoms with Gasteiger partial charge in [0.1, 0.15) is 5.69 Å². The third kappa shape index (κ3) is 5.22. The molecular formula is C25H33ClN4O4S. The quantitative estimate of drug-likeness (QED) is 0.572. The van der Waals surface area contributed by atoms with Crippen LogP contribution < -0.4 is 15.2 Å². The minimum atomic E-state index is -3.29. The summed E-state index contributed by atoms with van der Waals surface area (Å²) >= 11 is 6.15. The number of ether oxygens (including phenoxy) is 1. The van der Waals surface area contributed by atoms with Crippen molar-refractivity contribution in [3.63, 3.8) is 0 Å². The molecule has 10 heteroatoms. The molecule has 5 rings (SSSR count). The standard InChI is InChI=1S/C25H33ClN4O4S/c26-19-7-6-8-20(17-19)30-25(31)24(34-21-9-4-5-10-21)23(18-27-30)28-13-15-29(16-14-28)35(32,33)22-11-2-1-3-12-22/h6-8,17-18,21-22H,1-5,9-16H2. The first-order valence-corrected chi connectivity index (χ1v) is 14.6. The van der Waals surface area contributed by atoms with E-state index < -0.39 is 10.0 Å². The molecule has 190 valence electrons. The molecule has 35 heavy (non-hydrogen) atoms. The van der Waals surface area contributed by atoms with Gasteiger partial charge in [0, 0.05) is 31.2 Å². The predicted octanol–water partition coefficient (Wildman–Crippen LogP) is 3.99. The molecular weight excluding hydrogens is 488 g/mol. The van der Waals surface area contributed by atoms with Gasteiger partial charge in [-0.3, -0.25) is 4.79 Å². The van der Waals surface area contributed by atoms with Crippen LogP contribution in [0.4, 0.5) is 5.69 Å². The van der Waals surface area contributed by atoms with Crippen molar-refractivity contribution in [1.82, 2.24) is 14.1 Å². The number of halogens is 1. The number of benzene rings is 1. The van der Waals surface area contributed by atoms with Gasteiger partial charge < -0.3 is 9.64 Å². The predicted molar refractivity (Wildman–Crippen MR) is 137 cm³/mol. The third-order valence-electron chi connectivity index (χ3n) is 7.47. The average Bonchev–Trinajstić information content (AvgIpc) is 3.39. The van der Waals surface area contributed by atoms with E-state index in [1.807, 2.05) is 4.90 Å². The molecule has 1 saturated heterocycles. The van der Waals surface area contributed by atoms with Crippen molar-refractivity contribution in [3.05, 3.63) is 45.8 Å². The number of rotatable bonds is 6. The highest BCUT2D eigenvalue weighted by Crippen LogP contribution is 2.32. The van der Waals surface area contributed by atoms with Crippen LogP contribution in [0, 0.1) is 0 Å². The minimum absolute atomic E-state index is 0.00429. The van der Waals surface area contributed by atoms with Gasteiger partial charge in [-0.25, -0.2) is 8.42 Å². The van der Waals surface area contributed by atoms with Crippen LogP contribution in [0.5, 0.6) is 5.75 Å². The maximum Gasteiger partial charge on any atom is 0.316 e. The number of sulfonamides is 1. The number of hydrogen-bond acceptors (Lipinski definition) is 6. The van der Waals surface area contributed by atoms with Crippen LogP contribution in [0.2, 0.25) is 5.02 Å². The highest BCUT2D eigenvalue weighted by atomic mass is 35.5. The van der Waals surface area contributed by atoms with Gasteiger partial charge in [0.25, 0.3) is 0 Å². The summed E-state index contributed by atoms with van der Waals surface area (Å²) in [7, 11) is -3.29. The molecule has 1 aliphatic heterocycles. The van der Waals surface area contributed by atoms with Crippen molar-refractivity contribution in [3.8, 4) is 11.4 Å². The van der Waals surface area contributed by atoms with E-state index in [1.165, 1.54) is 4.68 Å². The molecule has 1 aromatic heterocycles. The Morgan fingerprint density at radius 3 is 2.31 bits per heavy atom. The summed E-state index contributed by atoms with van der Waals surface area (Å²) in [4.78, 5) is 15.6. The third-order valence-corrected chi connectivity index (χ3v) is 10.1. The normalized spacial score (nSPS) is 20.9. The Morgan fingerprint density at radius 1 is 0.943 bits per heavy atom. The number of anilines is 1. The zero-order valence-electron chi connectivity index (χ0n) is 19.9. The summed E-state index contributed by atoms with van der Waals surface area (Å²) in [6.45, 7) is 1.79. The first kappa shape index (κ1) is 24.6. The molecule has 0 bridgehead atoms. The lowest BCUT2D eigenvalue weighted by molar-refractivity contribution is 0.205. The molecule has 0 spiro atoms. The monoisotopic (exact) mass is 520 g/mol. The topological polar surface area (TPSA) is 84.7 Å². The van der Waals surface area contributed by atoms with Crippen molar-refractivity contribution in [2.24, 2.45) is 0 Å². The highest BCUT2D eigenvalue weighted by Gasteiger charge is 2.36. The smallest absolute Gasteiger partial charge is 0.316 e. The first-order valence-electron chi connectivity index (χ1n) is 12.7. The Labute approximate surface area is 211 Å². The fourth-order valence-electron chi connectivity index (χ4n) is 5.49. The number of nitrogens with zero attached hydrogens (tertiary/aromatic N) is 4. The van der Waals surface area contributed by atoms with Crippen LogP contribution in [0.3, 0.4) is 0 Å².